The third-order valence-corrected chi connectivity index (χ3v) is 4.27. The van der Waals surface area contributed by atoms with Gasteiger partial charge in [0.2, 0.25) is 0 Å². The fourth-order valence-electron chi connectivity index (χ4n) is 2.81. The first-order valence-electron chi connectivity index (χ1n) is 9.84. The minimum Gasteiger partial charge on any atom is -0.396 e. The molecule has 0 radical (unpaired) electrons. The molecule has 0 aromatic heterocycles. The largest absolute Gasteiger partial charge is 0.396 e. The van der Waals surface area contributed by atoms with Gasteiger partial charge in [-0.3, -0.25) is 0 Å². The Labute approximate surface area is 138 Å². The Morgan fingerprint density at radius 3 is 1.09 bits per heavy atom. The molecule has 0 aliphatic carbocycles. The van der Waals surface area contributed by atoms with Gasteiger partial charge in [-0.25, -0.2) is 0 Å². The van der Waals surface area contributed by atoms with Gasteiger partial charge in [0.25, 0.3) is 0 Å². The van der Waals surface area contributed by atoms with Crippen LogP contribution in [0.15, 0.2) is 0 Å². The van der Waals surface area contributed by atoms with Gasteiger partial charge >= 0.3 is 0 Å². The smallest absolute Gasteiger partial charge is 0.0443 e. The van der Waals surface area contributed by atoms with Gasteiger partial charge < -0.3 is 15.5 Å². The minimum atomic E-state index is 0.302. The number of hydrogen-bond acceptors (Lipinski definition) is 3. The molecule has 0 saturated carbocycles. The van der Waals surface area contributed by atoms with E-state index in [2.05, 4.69) is 5.32 Å². The number of unbranched alkanes of at least 4 members (excludes halogenated alkanes) is 13. The molecule has 0 unspecified atom stereocenters. The first-order valence-corrected chi connectivity index (χ1v) is 9.84. The molecule has 0 aliphatic heterocycles. The highest BCUT2D eigenvalue weighted by atomic mass is 16.3. The van der Waals surface area contributed by atoms with Gasteiger partial charge in [-0.2, -0.15) is 0 Å². The topological polar surface area (TPSA) is 52.5 Å². The van der Waals surface area contributed by atoms with Crippen molar-refractivity contribution in [3.63, 3.8) is 0 Å². The van der Waals surface area contributed by atoms with Crippen molar-refractivity contribution in [1.82, 2.24) is 5.32 Å². The van der Waals surface area contributed by atoms with E-state index in [0.717, 1.165) is 25.9 Å². The normalized spacial score (nSPS) is 11.2. The first-order chi connectivity index (χ1) is 10.9. The van der Waals surface area contributed by atoms with Crippen LogP contribution in [0.2, 0.25) is 0 Å². The summed E-state index contributed by atoms with van der Waals surface area (Å²) in [7, 11) is 0. The van der Waals surface area contributed by atoms with E-state index in [0.29, 0.717) is 13.2 Å². The molecule has 0 heterocycles. The van der Waals surface area contributed by atoms with E-state index in [4.69, 9.17) is 10.2 Å². The Morgan fingerprint density at radius 2 is 0.682 bits per heavy atom. The maximum atomic E-state index is 8.69. The van der Waals surface area contributed by atoms with Crippen molar-refractivity contribution in [2.24, 2.45) is 0 Å². The minimum absolute atomic E-state index is 0.302. The SMILES string of the molecule is OCCCCCCCCCCCCCCCCNCCCO. The lowest BCUT2D eigenvalue weighted by Crippen LogP contribution is -2.17. The molecule has 0 aromatic carbocycles. The first kappa shape index (κ1) is 21.9. The van der Waals surface area contributed by atoms with Crippen molar-refractivity contribution in [2.75, 3.05) is 26.3 Å². The highest BCUT2D eigenvalue weighted by molar-refractivity contribution is 4.51. The predicted octanol–water partition coefficient (Wildman–Crippen LogP) is 4.41. The summed E-state index contributed by atoms with van der Waals surface area (Å²) in [5.74, 6) is 0. The summed E-state index contributed by atoms with van der Waals surface area (Å²) in [5, 5.41) is 20.7. The van der Waals surface area contributed by atoms with Crippen LogP contribution in [0, 0.1) is 0 Å². The molecule has 0 spiro atoms. The van der Waals surface area contributed by atoms with E-state index in [1.165, 1.54) is 83.5 Å². The summed E-state index contributed by atoms with van der Waals surface area (Å²) in [6.45, 7) is 2.73. The lowest BCUT2D eigenvalue weighted by Gasteiger charge is -2.04. The Kier molecular flexibility index (Phi) is 20.8. The molecule has 0 fully saturated rings. The van der Waals surface area contributed by atoms with Crippen molar-refractivity contribution in [3.05, 3.63) is 0 Å². The molecule has 0 rings (SSSR count). The zero-order valence-electron chi connectivity index (χ0n) is 14.8. The maximum absolute atomic E-state index is 8.69. The number of hydrogen-bond donors (Lipinski definition) is 3. The third kappa shape index (κ3) is 19.9. The van der Waals surface area contributed by atoms with Crippen molar-refractivity contribution >= 4 is 0 Å². The lowest BCUT2D eigenvalue weighted by atomic mass is 10.0. The monoisotopic (exact) mass is 315 g/mol. The Bertz CT molecular complexity index is 168. The van der Waals surface area contributed by atoms with Gasteiger partial charge in [-0.15, -0.1) is 0 Å². The second-order valence-corrected chi connectivity index (χ2v) is 6.50. The van der Waals surface area contributed by atoms with E-state index in [9.17, 15) is 0 Å². The van der Waals surface area contributed by atoms with Gasteiger partial charge in [0, 0.05) is 13.2 Å². The van der Waals surface area contributed by atoms with E-state index in [1.54, 1.807) is 0 Å². The van der Waals surface area contributed by atoms with Crippen LogP contribution in [0.4, 0.5) is 0 Å². The van der Waals surface area contributed by atoms with Crippen LogP contribution in [0.3, 0.4) is 0 Å². The van der Waals surface area contributed by atoms with E-state index in [-0.39, 0.29) is 0 Å². The molecule has 0 aromatic rings. The van der Waals surface area contributed by atoms with Gasteiger partial charge in [0.05, 0.1) is 0 Å². The average molecular weight is 316 g/mol. The molecule has 0 aliphatic rings. The lowest BCUT2D eigenvalue weighted by molar-refractivity contribution is 0.282. The van der Waals surface area contributed by atoms with Crippen LogP contribution < -0.4 is 5.32 Å². The summed E-state index contributed by atoms with van der Waals surface area (Å²) >= 11 is 0. The third-order valence-electron chi connectivity index (χ3n) is 4.27. The second kappa shape index (κ2) is 20.9. The predicted molar refractivity (Wildman–Crippen MR) is 96.3 cm³/mol. The summed E-state index contributed by atoms with van der Waals surface area (Å²) < 4.78 is 0. The maximum Gasteiger partial charge on any atom is 0.0443 e. The van der Waals surface area contributed by atoms with Gasteiger partial charge in [0.1, 0.15) is 0 Å². The van der Waals surface area contributed by atoms with E-state index < -0.39 is 0 Å². The van der Waals surface area contributed by atoms with E-state index in [1.807, 2.05) is 0 Å². The summed E-state index contributed by atoms with van der Waals surface area (Å²) in [6.07, 6.45) is 19.6. The van der Waals surface area contributed by atoms with Gasteiger partial charge in [-0.1, -0.05) is 77.0 Å². The molecule has 0 atom stereocenters. The average Bonchev–Trinajstić information content (AvgIpc) is 2.54. The molecular formula is C19H41NO2. The van der Waals surface area contributed by atoms with Crippen LogP contribution in [0.1, 0.15) is 96.3 Å². The fourth-order valence-corrected chi connectivity index (χ4v) is 2.81. The van der Waals surface area contributed by atoms with Gasteiger partial charge in [0.15, 0.2) is 0 Å². The number of rotatable bonds is 19. The second-order valence-electron chi connectivity index (χ2n) is 6.50. The van der Waals surface area contributed by atoms with Crippen LogP contribution in [0.25, 0.3) is 0 Å². The molecule has 3 heteroatoms. The number of aliphatic hydroxyl groups excluding tert-OH is 2. The molecule has 0 amide bonds. The summed E-state index contributed by atoms with van der Waals surface area (Å²) in [5.41, 5.74) is 0. The Balaban J connectivity index is 2.91. The fraction of sp³-hybridized carbons (Fsp3) is 1.00. The molecule has 134 valence electrons. The highest BCUT2D eigenvalue weighted by Crippen LogP contribution is 2.12. The van der Waals surface area contributed by atoms with Crippen molar-refractivity contribution in [1.29, 1.82) is 0 Å². The van der Waals surface area contributed by atoms with Crippen molar-refractivity contribution in [2.45, 2.75) is 96.3 Å². The highest BCUT2D eigenvalue weighted by Gasteiger charge is 1.94. The molecule has 0 bridgehead atoms. The molecule has 22 heavy (non-hydrogen) atoms. The zero-order valence-corrected chi connectivity index (χ0v) is 14.8. The zero-order chi connectivity index (χ0) is 16.1. The van der Waals surface area contributed by atoms with Gasteiger partial charge in [-0.05, 0) is 32.4 Å². The Hall–Kier alpha value is -0.120. The molecular weight excluding hydrogens is 274 g/mol. The molecule has 0 saturated heterocycles. The van der Waals surface area contributed by atoms with E-state index >= 15 is 0 Å². The van der Waals surface area contributed by atoms with Crippen LogP contribution in [-0.2, 0) is 0 Å². The molecule has 3 N–H and O–H groups in total. The van der Waals surface area contributed by atoms with Crippen LogP contribution >= 0.6 is 0 Å². The number of aliphatic hydroxyl groups is 2. The quantitative estimate of drug-likeness (QED) is 0.309. The molecule has 3 nitrogen and oxygen atoms in total. The van der Waals surface area contributed by atoms with Crippen molar-refractivity contribution < 1.29 is 10.2 Å². The van der Waals surface area contributed by atoms with Crippen LogP contribution in [-0.4, -0.2) is 36.5 Å². The summed E-state index contributed by atoms with van der Waals surface area (Å²) in [4.78, 5) is 0. The van der Waals surface area contributed by atoms with Crippen LogP contribution in [0.5, 0.6) is 0 Å². The van der Waals surface area contributed by atoms with Crippen molar-refractivity contribution in [3.8, 4) is 0 Å². The standard InChI is InChI=1S/C19H41NO2/c21-18-14-12-10-8-6-4-2-1-3-5-7-9-11-13-16-20-17-15-19-22/h20-22H,1-19H2. The Morgan fingerprint density at radius 1 is 0.364 bits per heavy atom. The number of nitrogens with one attached hydrogen (secondary N) is 1. The summed E-state index contributed by atoms with van der Waals surface area (Å²) in [6, 6.07) is 0.